The first-order chi connectivity index (χ1) is 19.0. The third-order valence-electron chi connectivity index (χ3n) is 6.42. The SMILES string of the molecule is CC1(c2cccc([S+](c3ccccc3)c3ccc(OC(=O)C(F)(F)S(=O)(=O)O)cc3)c2)OCC(C)(C(F)(F)F)CO1. The molecular formula is C27H24F5O7S2+. The van der Waals surface area contributed by atoms with Gasteiger partial charge in [-0.25, -0.2) is 4.79 Å². The minimum Gasteiger partial charge on any atom is -0.421 e. The third kappa shape index (κ3) is 6.26. The lowest BCUT2D eigenvalue weighted by molar-refractivity contribution is -0.354. The highest BCUT2D eigenvalue weighted by Crippen LogP contribution is 2.46. The van der Waals surface area contributed by atoms with Crippen molar-refractivity contribution in [2.24, 2.45) is 5.41 Å². The van der Waals surface area contributed by atoms with Crippen molar-refractivity contribution in [3.63, 3.8) is 0 Å². The maximum Gasteiger partial charge on any atom is 0.466 e. The summed E-state index contributed by atoms with van der Waals surface area (Å²) in [5.41, 5.74) is -1.68. The van der Waals surface area contributed by atoms with Gasteiger partial charge in [-0.2, -0.15) is 30.4 Å². The van der Waals surface area contributed by atoms with Crippen molar-refractivity contribution in [3.8, 4) is 5.75 Å². The van der Waals surface area contributed by atoms with Crippen LogP contribution in [0.15, 0.2) is 93.5 Å². The van der Waals surface area contributed by atoms with Crippen LogP contribution < -0.4 is 4.74 Å². The molecule has 4 rings (SSSR count). The highest BCUT2D eigenvalue weighted by Gasteiger charge is 2.56. The average molecular weight is 620 g/mol. The Labute approximate surface area is 235 Å². The lowest BCUT2D eigenvalue weighted by Gasteiger charge is -2.43. The molecule has 220 valence electrons. The molecule has 1 saturated heterocycles. The predicted octanol–water partition coefficient (Wildman–Crippen LogP) is 5.96. The van der Waals surface area contributed by atoms with E-state index in [1.54, 1.807) is 36.4 Å². The molecule has 1 unspecified atom stereocenters. The number of hydrogen-bond donors (Lipinski definition) is 1. The monoisotopic (exact) mass is 619 g/mol. The number of hydrogen-bond acceptors (Lipinski definition) is 6. The van der Waals surface area contributed by atoms with Gasteiger partial charge in [0.2, 0.25) is 0 Å². The van der Waals surface area contributed by atoms with Crippen LogP contribution in [0.5, 0.6) is 5.75 Å². The molecule has 0 aromatic heterocycles. The van der Waals surface area contributed by atoms with E-state index in [4.69, 9.17) is 14.0 Å². The van der Waals surface area contributed by atoms with Crippen LogP contribution in [-0.2, 0) is 41.1 Å². The molecule has 0 amide bonds. The molecule has 1 aliphatic rings. The summed E-state index contributed by atoms with van der Waals surface area (Å²) < 4.78 is 114. The van der Waals surface area contributed by atoms with E-state index in [-0.39, 0.29) is 0 Å². The average Bonchev–Trinajstić information content (AvgIpc) is 2.91. The number of carbonyl (C=O) groups is 1. The van der Waals surface area contributed by atoms with Crippen LogP contribution in [0.4, 0.5) is 22.0 Å². The van der Waals surface area contributed by atoms with Gasteiger partial charge in [-0.05, 0) is 56.3 Å². The number of carbonyl (C=O) groups excluding carboxylic acids is 1. The first-order valence-electron chi connectivity index (χ1n) is 11.9. The largest absolute Gasteiger partial charge is 0.466 e. The summed E-state index contributed by atoms with van der Waals surface area (Å²) in [5, 5.41) is -5.16. The zero-order chi connectivity index (χ0) is 30.3. The lowest BCUT2D eigenvalue weighted by atomic mass is 9.90. The Bertz CT molecular complexity index is 1500. The molecule has 0 bridgehead atoms. The summed E-state index contributed by atoms with van der Waals surface area (Å²) in [4.78, 5) is 13.8. The maximum atomic E-state index is 13.6. The van der Waals surface area contributed by atoms with E-state index in [2.05, 4.69) is 4.74 Å². The smallest absolute Gasteiger partial charge is 0.421 e. The van der Waals surface area contributed by atoms with Crippen LogP contribution in [0, 0.1) is 5.41 Å². The topological polar surface area (TPSA) is 99.1 Å². The Hall–Kier alpha value is -3.04. The van der Waals surface area contributed by atoms with E-state index < -0.39 is 68.6 Å². The Morgan fingerprint density at radius 1 is 0.854 bits per heavy atom. The molecule has 1 atom stereocenters. The predicted molar refractivity (Wildman–Crippen MR) is 137 cm³/mol. The van der Waals surface area contributed by atoms with Crippen LogP contribution >= 0.6 is 0 Å². The Morgan fingerprint density at radius 3 is 1.93 bits per heavy atom. The zero-order valence-electron chi connectivity index (χ0n) is 21.5. The Kier molecular flexibility index (Phi) is 8.28. The molecule has 3 aromatic rings. The molecule has 1 N–H and O–H groups in total. The van der Waals surface area contributed by atoms with E-state index in [9.17, 15) is 35.2 Å². The minimum absolute atomic E-state index is 0.392. The van der Waals surface area contributed by atoms with Crippen molar-refractivity contribution in [2.45, 2.75) is 45.8 Å². The van der Waals surface area contributed by atoms with E-state index in [1.165, 1.54) is 31.2 Å². The van der Waals surface area contributed by atoms with Gasteiger partial charge in [-0.15, -0.1) is 0 Å². The molecule has 14 heteroatoms. The van der Waals surface area contributed by atoms with Gasteiger partial charge in [0.05, 0.1) is 24.1 Å². The molecular weight excluding hydrogens is 595 g/mol. The highest BCUT2D eigenvalue weighted by atomic mass is 32.2. The number of alkyl halides is 5. The van der Waals surface area contributed by atoms with Crippen molar-refractivity contribution in [1.29, 1.82) is 0 Å². The quantitative estimate of drug-likeness (QED) is 0.115. The molecule has 3 aromatic carbocycles. The van der Waals surface area contributed by atoms with Crippen LogP contribution in [0.3, 0.4) is 0 Å². The molecule has 1 aliphatic heterocycles. The number of esters is 1. The zero-order valence-corrected chi connectivity index (χ0v) is 23.2. The van der Waals surface area contributed by atoms with Gasteiger partial charge in [-0.3, -0.25) is 4.55 Å². The summed E-state index contributed by atoms with van der Waals surface area (Å²) in [5.74, 6) is -4.32. The molecule has 0 spiro atoms. The first-order valence-corrected chi connectivity index (χ1v) is 14.6. The van der Waals surface area contributed by atoms with Gasteiger partial charge in [0.1, 0.15) is 11.2 Å². The van der Waals surface area contributed by atoms with Gasteiger partial charge in [0.25, 0.3) is 0 Å². The third-order valence-corrected chi connectivity index (χ3v) is 9.45. The van der Waals surface area contributed by atoms with Gasteiger partial charge >= 0.3 is 27.5 Å². The first kappa shape index (κ1) is 30.9. The summed E-state index contributed by atoms with van der Waals surface area (Å²) in [7, 11) is -6.88. The molecule has 41 heavy (non-hydrogen) atoms. The van der Waals surface area contributed by atoms with Crippen molar-refractivity contribution in [2.75, 3.05) is 13.2 Å². The number of halogens is 5. The molecule has 0 radical (unpaired) electrons. The van der Waals surface area contributed by atoms with E-state index in [1.807, 2.05) is 18.2 Å². The van der Waals surface area contributed by atoms with Crippen molar-refractivity contribution in [1.82, 2.24) is 0 Å². The molecule has 0 aliphatic carbocycles. The number of ether oxygens (including phenoxy) is 3. The molecule has 1 fully saturated rings. The number of benzene rings is 3. The lowest BCUT2D eigenvalue weighted by Crippen LogP contribution is -2.52. The normalized spacial score (nSPS) is 22.6. The maximum absolute atomic E-state index is 13.6. The number of rotatable bonds is 7. The summed E-state index contributed by atoms with van der Waals surface area (Å²) in [6.07, 6.45) is -4.52. The minimum atomic E-state index is -6.03. The van der Waals surface area contributed by atoms with Crippen LogP contribution in [0.1, 0.15) is 19.4 Å². The fraction of sp³-hybridized carbons (Fsp3) is 0.296. The highest BCUT2D eigenvalue weighted by molar-refractivity contribution is 7.97. The van der Waals surface area contributed by atoms with E-state index in [0.29, 0.717) is 15.4 Å². The van der Waals surface area contributed by atoms with Crippen LogP contribution in [0.25, 0.3) is 0 Å². The summed E-state index contributed by atoms with van der Waals surface area (Å²) in [6.45, 7) is 1.37. The fourth-order valence-electron chi connectivity index (χ4n) is 3.79. The van der Waals surface area contributed by atoms with Crippen LogP contribution in [-0.4, -0.2) is 43.6 Å². The van der Waals surface area contributed by atoms with Crippen molar-refractivity contribution < 1.29 is 53.9 Å². The van der Waals surface area contributed by atoms with Gasteiger partial charge in [0, 0.05) is 11.6 Å². The second-order valence-corrected chi connectivity index (χ2v) is 13.1. The standard InChI is InChI=1S/C27H23F5O7S2/c1-24(27(30,31)32)16-37-25(2,38-17-24)18-7-6-10-22(15-18)40(20-8-4-3-5-9-20)21-13-11-19(12-14-21)39-23(33)26(28,29)41(34,35)36/h3-15H,16-17H2,1-2H3/p+1. The van der Waals surface area contributed by atoms with Crippen molar-refractivity contribution in [3.05, 3.63) is 84.4 Å². The molecule has 0 saturated carbocycles. The second kappa shape index (κ2) is 11.0. The van der Waals surface area contributed by atoms with Gasteiger partial charge < -0.3 is 14.2 Å². The molecule has 1 heterocycles. The Morgan fingerprint density at radius 2 is 1.39 bits per heavy atom. The van der Waals surface area contributed by atoms with E-state index in [0.717, 1.165) is 11.8 Å². The van der Waals surface area contributed by atoms with Gasteiger partial charge in [-0.1, -0.05) is 30.3 Å². The van der Waals surface area contributed by atoms with Crippen LogP contribution in [0.2, 0.25) is 0 Å². The van der Waals surface area contributed by atoms with Gasteiger partial charge in [0.15, 0.2) is 20.5 Å². The summed E-state index contributed by atoms with van der Waals surface area (Å²) in [6, 6.07) is 21.4. The molecule has 7 nitrogen and oxygen atoms in total. The fourth-order valence-corrected chi connectivity index (χ4v) is 6.16. The van der Waals surface area contributed by atoms with Crippen molar-refractivity contribution >= 4 is 27.0 Å². The Balaban J connectivity index is 1.65. The summed E-state index contributed by atoms with van der Waals surface area (Å²) >= 11 is 0. The second-order valence-electron chi connectivity index (χ2n) is 9.58. The van der Waals surface area contributed by atoms with E-state index >= 15 is 0 Å².